The Labute approximate surface area is 124 Å². The Morgan fingerprint density at radius 3 is 2.70 bits per heavy atom. The highest BCUT2D eigenvalue weighted by molar-refractivity contribution is 9.10. The summed E-state index contributed by atoms with van der Waals surface area (Å²) in [6, 6.07) is 8.75. The van der Waals surface area contributed by atoms with E-state index < -0.39 is 0 Å². The van der Waals surface area contributed by atoms with Crippen molar-refractivity contribution in [2.75, 3.05) is 12.4 Å². The van der Waals surface area contributed by atoms with Crippen LogP contribution >= 0.6 is 15.9 Å². The molecule has 2 rings (SSSR count). The Morgan fingerprint density at radius 1 is 1.35 bits per heavy atom. The molecule has 1 aromatic heterocycles. The summed E-state index contributed by atoms with van der Waals surface area (Å²) in [4.78, 5) is 25.9. The van der Waals surface area contributed by atoms with Crippen molar-refractivity contribution >= 4 is 27.5 Å². The highest BCUT2D eigenvalue weighted by Gasteiger charge is 2.07. The number of rotatable bonds is 4. The van der Waals surface area contributed by atoms with Gasteiger partial charge >= 0.3 is 0 Å². The molecule has 0 bridgehead atoms. The molecule has 0 unspecified atom stereocenters. The van der Waals surface area contributed by atoms with Crippen LogP contribution in [0.2, 0.25) is 0 Å². The molecule has 1 aromatic carbocycles. The summed E-state index contributed by atoms with van der Waals surface area (Å²) in [5.41, 5.74) is 0.726. The first-order valence-corrected chi connectivity index (χ1v) is 6.69. The van der Waals surface area contributed by atoms with E-state index in [1.165, 1.54) is 6.20 Å². The maximum atomic E-state index is 11.9. The predicted molar refractivity (Wildman–Crippen MR) is 80.1 cm³/mol. The molecule has 5 nitrogen and oxygen atoms in total. The van der Waals surface area contributed by atoms with Crippen molar-refractivity contribution in [2.45, 2.75) is 6.42 Å². The van der Waals surface area contributed by atoms with Gasteiger partial charge in [-0.1, -0.05) is 12.1 Å². The zero-order chi connectivity index (χ0) is 14.5. The molecule has 6 heteroatoms. The van der Waals surface area contributed by atoms with E-state index in [1.807, 2.05) is 12.1 Å². The van der Waals surface area contributed by atoms with Crippen molar-refractivity contribution in [1.82, 2.24) is 4.98 Å². The number of amides is 1. The monoisotopic (exact) mass is 336 g/mol. The van der Waals surface area contributed by atoms with E-state index in [2.05, 4.69) is 26.2 Å². The van der Waals surface area contributed by atoms with Gasteiger partial charge in [-0.25, -0.2) is 0 Å². The first-order chi connectivity index (χ1) is 9.58. The van der Waals surface area contributed by atoms with Crippen LogP contribution in [0.4, 0.5) is 5.69 Å². The third-order valence-electron chi connectivity index (χ3n) is 2.67. The topological polar surface area (TPSA) is 71.2 Å². The summed E-state index contributed by atoms with van der Waals surface area (Å²) in [5.74, 6) is 0.483. The maximum Gasteiger partial charge on any atom is 0.271 e. The second-order valence-electron chi connectivity index (χ2n) is 4.13. The van der Waals surface area contributed by atoms with Gasteiger partial charge in [0.15, 0.2) is 0 Å². The lowest BCUT2D eigenvalue weighted by Gasteiger charge is -2.05. The lowest BCUT2D eigenvalue weighted by atomic mass is 10.1. The molecule has 2 N–H and O–H groups in total. The Bertz CT molecular complexity index is 665. The van der Waals surface area contributed by atoms with Crippen LogP contribution in [0.15, 0.2) is 45.8 Å². The standard InChI is InChI=1S/C14H13BrN2O3/c1-20-11-4-2-9(3-5-11)6-13(18)17-12-7-10(15)8-16-14(12)19/h2-5,7-8H,6H2,1H3,(H,16,19)(H,17,18). The lowest BCUT2D eigenvalue weighted by molar-refractivity contribution is -0.115. The number of hydrogen-bond donors (Lipinski definition) is 2. The number of hydrogen-bond acceptors (Lipinski definition) is 3. The fraction of sp³-hybridized carbons (Fsp3) is 0.143. The summed E-state index contributed by atoms with van der Waals surface area (Å²) in [5, 5.41) is 2.58. The molecule has 104 valence electrons. The Kier molecular flexibility index (Phi) is 4.57. The van der Waals surface area contributed by atoms with Gasteiger partial charge in [0, 0.05) is 10.7 Å². The largest absolute Gasteiger partial charge is 0.497 e. The van der Waals surface area contributed by atoms with Crippen LogP contribution in [-0.4, -0.2) is 18.0 Å². The van der Waals surface area contributed by atoms with Crippen LogP contribution in [-0.2, 0) is 11.2 Å². The molecule has 0 saturated carbocycles. The lowest BCUT2D eigenvalue weighted by Crippen LogP contribution is -2.20. The van der Waals surface area contributed by atoms with Crippen LogP contribution in [0.3, 0.4) is 0 Å². The van der Waals surface area contributed by atoms with Crippen molar-refractivity contribution in [2.24, 2.45) is 0 Å². The number of pyridine rings is 1. The first kappa shape index (κ1) is 14.3. The summed E-state index contributed by atoms with van der Waals surface area (Å²) < 4.78 is 5.74. The minimum atomic E-state index is -0.337. The van der Waals surface area contributed by atoms with Crippen LogP contribution in [0.1, 0.15) is 5.56 Å². The van der Waals surface area contributed by atoms with E-state index in [0.29, 0.717) is 4.47 Å². The van der Waals surface area contributed by atoms with E-state index in [0.717, 1.165) is 11.3 Å². The molecule has 0 aliphatic heterocycles. The SMILES string of the molecule is COc1ccc(CC(=O)Nc2cc(Br)c[nH]c2=O)cc1. The number of ether oxygens (including phenoxy) is 1. The molecule has 0 aliphatic rings. The maximum absolute atomic E-state index is 11.9. The Balaban J connectivity index is 2.04. The van der Waals surface area contributed by atoms with Gasteiger partial charge in [0.2, 0.25) is 5.91 Å². The molecule has 1 amide bonds. The minimum absolute atomic E-state index is 0.190. The number of aromatic nitrogens is 1. The average Bonchev–Trinajstić information content (AvgIpc) is 2.43. The molecule has 0 saturated heterocycles. The van der Waals surface area contributed by atoms with Gasteiger partial charge in [0.05, 0.1) is 13.5 Å². The fourth-order valence-electron chi connectivity index (χ4n) is 1.67. The normalized spacial score (nSPS) is 10.1. The summed E-state index contributed by atoms with van der Waals surface area (Å²) in [6.07, 6.45) is 1.71. The van der Waals surface area contributed by atoms with E-state index in [-0.39, 0.29) is 23.6 Å². The van der Waals surface area contributed by atoms with Crippen molar-refractivity contribution in [3.05, 3.63) is 56.9 Å². The smallest absolute Gasteiger partial charge is 0.271 e. The van der Waals surface area contributed by atoms with E-state index in [1.54, 1.807) is 25.3 Å². The molecular formula is C14H13BrN2O3. The van der Waals surface area contributed by atoms with Gasteiger partial charge in [-0.2, -0.15) is 0 Å². The fourth-order valence-corrected chi connectivity index (χ4v) is 2.02. The van der Waals surface area contributed by atoms with E-state index in [4.69, 9.17) is 4.74 Å². The molecule has 2 aromatic rings. The molecule has 1 heterocycles. The number of benzene rings is 1. The summed E-state index contributed by atoms with van der Waals surface area (Å²) >= 11 is 3.23. The number of anilines is 1. The summed E-state index contributed by atoms with van der Waals surface area (Å²) in [6.45, 7) is 0. The van der Waals surface area contributed by atoms with Crippen LogP contribution in [0.25, 0.3) is 0 Å². The van der Waals surface area contributed by atoms with Gasteiger partial charge in [0.1, 0.15) is 11.4 Å². The highest BCUT2D eigenvalue weighted by atomic mass is 79.9. The molecule has 0 fully saturated rings. The second-order valence-corrected chi connectivity index (χ2v) is 5.05. The van der Waals surface area contributed by atoms with Gasteiger partial charge < -0.3 is 15.0 Å². The molecule has 0 aliphatic carbocycles. The highest BCUT2D eigenvalue weighted by Crippen LogP contribution is 2.13. The van der Waals surface area contributed by atoms with E-state index >= 15 is 0 Å². The number of nitrogens with one attached hydrogen (secondary N) is 2. The van der Waals surface area contributed by atoms with Gasteiger partial charge in [0.25, 0.3) is 5.56 Å². The zero-order valence-corrected chi connectivity index (χ0v) is 12.4. The number of methoxy groups -OCH3 is 1. The zero-order valence-electron chi connectivity index (χ0n) is 10.8. The van der Waals surface area contributed by atoms with Crippen molar-refractivity contribution < 1.29 is 9.53 Å². The molecule has 0 radical (unpaired) electrons. The van der Waals surface area contributed by atoms with Crippen molar-refractivity contribution in [1.29, 1.82) is 0 Å². The average molecular weight is 337 g/mol. The quantitative estimate of drug-likeness (QED) is 0.900. The van der Waals surface area contributed by atoms with E-state index in [9.17, 15) is 9.59 Å². The van der Waals surface area contributed by atoms with Crippen LogP contribution in [0.5, 0.6) is 5.75 Å². The molecular weight excluding hydrogens is 324 g/mol. The van der Waals surface area contributed by atoms with Crippen molar-refractivity contribution in [3.8, 4) is 5.75 Å². The minimum Gasteiger partial charge on any atom is -0.497 e. The molecule has 0 spiro atoms. The first-order valence-electron chi connectivity index (χ1n) is 5.89. The Hall–Kier alpha value is -2.08. The second kappa shape index (κ2) is 6.38. The van der Waals surface area contributed by atoms with Gasteiger partial charge in [-0.15, -0.1) is 0 Å². The predicted octanol–water partition coefficient (Wildman–Crippen LogP) is 2.33. The number of halogens is 1. The van der Waals surface area contributed by atoms with Crippen LogP contribution < -0.4 is 15.6 Å². The number of carbonyl (C=O) groups excluding carboxylic acids is 1. The Morgan fingerprint density at radius 2 is 2.05 bits per heavy atom. The molecule has 0 atom stereocenters. The van der Waals surface area contributed by atoms with Crippen molar-refractivity contribution in [3.63, 3.8) is 0 Å². The molecule has 20 heavy (non-hydrogen) atoms. The number of H-pyrrole nitrogens is 1. The number of carbonyl (C=O) groups is 1. The third-order valence-corrected chi connectivity index (χ3v) is 3.12. The van der Waals surface area contributed by atoms with Gasteiger partial charge in [-0.3, -0.25) is 9.59 Å². The van der Waals surface area contributed by atoms with Crippen LogP contribution in [0, 0.1) is 0 Å². The summed E-state index contributed by atoms with van der Waals surface area (Å²) in [7, 11) is 1.58. The van der Waals surface area contributed by atoms with Gasteiger partial charge in [-0.05, 0) is 39.7 Å². The third kappa shape index (κ3) is 3.71. The number of aromatic amines is 1.